The minimum absolute atomic E-state index is 0.0160. The highest BCUT2D eigenvalue weighted by Crippen LogP contribution is 2.19. The van der Waals surface area contributed by atoms with E-state index < -0.39 is 12.7 Å². The molecule has 0 aromatic heterocycles. The Morgan fingerprint density at radius 1 is 1.28 bits per heavy atom. The smallest absolute Gasteiger partial charge is 0.250 e. The molecule has 1 aromatic carbocycles. The van der Waals surface area contributed by atoms with Gasteiger partial charge in [0.2, 0.25) is 11.8 Å². The number of nitrogens with one attached hydrogen (secondary N) is 1. The summed E-state index contributed by atoms with van der Waals surface area (Å²) in [6.07, 6.45) is 0.264. The molecule has 0 radical (unpaired) electrons. The summed E-state index contributed by atoms with van der Waals surface area (Å²) in [5, 5.41) is 2.66. The van der Waals surface area contributed by atoms with Gasteiger partial charge in [-0.05, 0) is 12.0 Å². The second-order valence-corrected chi connectivity index (χ2v) is 4.21. The van der Waals surface area contributed by atoms with Crippen LogP contribution < -0.4 is 5.32 Å². The lowest BCUT2D eigenvalue weighted by Crippen LogP contribution is -2.53. The maximum atomic E-state index is 12.2. The molecule has 96 valence electrons. The molecule has 1 atom stereocenters. The predicted octanol–water partition coefficient (Wildman–Crippen LogP) is 1.05. The van der Waals surface area contributed by atoms with E-state index >= 15 is 0 Å². The van der Waals surface area contributed by atoms with Crippen molar-refractivity contribution in [2.75, 3.05) is 19.8 Å². The quantitative estimate of drug-likeness (QED) is 0.868. The van der Waals surface area contributed by atoms with Crippen LogP contribution in [0.2, 0.25) is 0 Å². The van der Waals surface area contributed by atoms with Gasteiger partial charge < -0.3 is 10.2 Å². The van der Waals surface area contributed by atoms with Crippen molar-refractivity contribution in [2.45, 2.75) is 12.5 Å². The van der Waals surface area contributed by atoms with Crippen LogP contribution in [0.4, 0.5) is 4.39 Å². The molecule has 1 N–H and O–H groups in total. The van der Waals surface area contributed by atoms with Crippen molar-refractivity contribution in [1.82, 2.24) is 10.2 Å². The lowest BCUT2D eigenvalue weighted by Gasteiger charge is -2.32. The Morgan fingerprint density at radius 2 is 2.00 bits per heavy atom. The van der Waals surface area contributed by atoms with Gasteiger partial charge in [0.1, 0.15) is 6.04 Å². The van der Waals surface area contributed by atoms with Crippen LogP contribution in [-0.2, 0) is 9.59 Å². The molecular weight excluding hydrogens is 235 g/mol. The largest absolute Gasteiger partial charge is 0.339 e. The first-order valence-electron chi connectivity index (χ1n) is 5.91. The SMILES string of the molecule is O=C1CN(CCCF)C(=O)C(c2ccccc2)N1. The van der Waals surface area contributed by atoms with Crippen molar-refractivity contribution in [3.8, 4) is 0 Å². The van der Waals surface area contributed by atoms with Crippen LogP contribution in [0.3, 0.4) is 0 Å². The van der Waals surface area contributed by atoms with Crippen molar-refractivity contribution in [3.05, 3.63) is 35.9 Å². The third kappa shape index (κ3) is 2.67. The average molecular weight is 250 g/mol. The zero-order valence-corrected chi connectivity index (χ0v) is 9.93. The fourth-order valence-electron chi connectivity index (χ4n) is 2.01. The number of benzene rings is 1. The molecule has 1 aliphatic heterocycles. The number of alkyl halides is 1. The lowest BCUT2D eigenvalue weighted by atomic mass is 10.0. The number of halogens is 1. The standard InChI is InChI=1S/C13H15FN2O2/c14-7-4-8-16-9-11(17)15-12(13(16)18)10-5-2-1-3-6-10/h1-3,5-6,12H,4,7-9H2,(H,15,17). The molecule has 4 nitrogen and oxygen atoms in total. The van der Waals surface area contributed by atoms with E-state index in [0.717, 1.165) is 5.56 Å². The van der Waals surface area contributed by atoms with E-state index in [2.05, 4.69) is 5.32 Å². The normalized spacial score (nSPS) is 19.8. The summed E-state index contributed by atoms with van der Waals surface area (Å²) < 4.78 is 12.2. The van der Waals surface area contributed by atoms with Crippen LogP contribution in [0.15, 0.2) is 30.3 Å². The lowest BCUT2D eigenvalue weighted by molar-refractivity contribution is -0.144. The number of amides is 2. The number of hydrogen-bond acceptors (Lipinski definition) is 2. The van der Waals surface area contributed by atoms with Crippen LogP contribution >= 0.6 is 0 Å². The molecule has 0 bridgehead atoms. The summed E-state index contributed by atoms with van der Waals surface area (Å²) in [4.78, 5) is 25.1. The van der Waals surface area contributed by atoms with E-state index in [1.165, 1.54) is 4.90 Å². The van der Waals surface area contributed by atoms with Gasteiger partial charge in [-0.3, -0.25) is 14.0 Å². The highest BCUT2D eigenvalue weighted by Gasteiger charge is 2.33. The number of nitrogens with zero attached hydrogens (tertiary/aromatic N) is 1. The first-order valence-corrected chi connectivity index (χ1v) is 5.91. The minimum atomic E-state index is -0.646. The van der Waals surface area contributed by atoms with Gasteiger partial charge in [-0.1, -0.05) is 30.3 Å². The van der Waals surface area contributed by atoms with Crippen molar-refractivity contribution in [1.29, 1.82) is 0 Å². The summed E-state index contributed by atoms with van der Waals surface area (Å²) in [5.74, 6) is -0.378. The first-order chi connectivity index (χ1) is 8.72. The Balaban J connectivity index is 2.15. The fourth-order valence-corrected chi connectivity index (χ4v) is 2.01. The molecule has 1 aliphatic rings. The predicted molar refractivity (Wildman–Crippen MR) is 64.5 cm³/mol. The molecule has 1 unspecified atom stereocenters. The second kappa shape index (κ2) is 5.62. The molecule has 5 heteroatoms. The summed E-state index contributed by atoms with van der Waals surface area (Å²) in [7, 11) is 0. The van der Waals surface area contributed by atoms with Crippen molar-refractivity contribution < 1.29 is 14.0 Å². The summed E-state index contributed by atoms with van der Waals surface area (Å²) in [6.45, 7) is -0.185. The molecule has 2 rings (SSSR count). The van der Waals surface area contributed by atoms with Crippen LogP contribution in [-0.4, -0.2) is 36.5 Å². The molecule has 1 fully saturated rings. The zero-order valence-electron chi connectivity index (χ0n) is 9.93. The maximum absolute atomic E-state index is 12.2. The molecule has 18 heavy (non-hydrogen) atoms. The maximum Gasteiger partial charge on any atom is 0.250 e. The number of carbonyl (C=O) groups excluding carboxylic acids is 2. The summed E-state index contributed by atoms with van der Waals surface area (Å²) in [5.41, 5.74) is 0.751. The molecule has 0 aliphatic carbocycles. The molecule has 1 saturated heterocycles. The highest BCUT2D eigenvalue weighted by molar-refractivity contribution is 5.95. The Hall–Kier alpha value is -1.91. The zero-order chi connectivity index (χ0) is 13.0. The van der Waals surface area contributed by atoms with E-state index in [1.54, 1.807) is 12.1 Å². The number of carbonyl (C=O) groups is 2. The Labute approximate surface area is 105 Å². The Bertz CT molecular complexity index is 436. The fraction of sp³-hybridized carbons (Fsp3) is 0.385. The van der Waals surface area contributed by atoms with Gasteiger partial charge in [0, 0.05) is 6.54 Å². The third-order valence-electron chi connectivity index (χ3n) is 2.89. The van der Waals surface area contributed by atoms with Crippen molar-refractivity contribution >= 4 is 11.8 Å². The highest BCUT2D eigenvalue weighted by atomic mass is 19.1. The van der Waals surface area contributed by atoms with Crippen LogP contribution in [0.5, 0.6) is 0 Å². The molecule has 0 spiro atoms. The van der Waals surface area contributed by atoms with Crippen molar-refractivity contribution in [2.24, 2.45) is 0 Å². The third-order valence-corrected chi connectivity index (χ3v) is 2.89. The van der Waals surface area contributed by atoms with Gasteiger partial charge in [0.25, 0.3) is 0 Å². The van der Waals surface area contributed by atoms with Gasteiger partial charge in [0.05, 0.1) is 13.2 Å². The van der Waals surface area contributed by atoms with Gasteiger partial charge in [-0.15, -0.1) is 0 Å². The van der Waals surface area contributed by atoms with Gasteiger partial charge >= 0.3 is 0 Å². The van der Waals surface area contributed by atoms with E-state index in [0.29, 0.717) is 0 Å². The Kier molecular flexibility index (Phi) is 3.92. The minimum Gasteiger partial charge on any atom is -0.339 e. The average Bonchev–Trinajstić information content (AvgIpc) is 2.40. The van der Waals surface area contributed by atoms with E-state index in [4.69, 9.17) is 0 Å². The van der Waals surface area contributed by atoms with Gasteiger partial charge in [-0.2, -0.15) is 0 Å². The van der Waals surface area contributed by atoms with E-state index in [9.17, 15) is 14.0 Å². The van der Waals surface area contributed by atoms with E-state index in [-0.39, 0.29) is 31.3 Å². The molecule has 1 aromatic rings. The first kappa shape index (κ1) is 12.5. The molecule has 0 saturated carbocycles. The van der Waals surface area contributed by atoms with Crippen LogP contribution in [0.1, 0.15) is 18.0 Å². The Morgan fingerprint density at radius 3 is 2.67 bits per heavy atom. The number of hydrogen-bond donors (Lipinski definition) is 1. The number of rotatable bonds is 4. The monoisotopic (exact) mass is 250 g/mol. The van der Waals surface area contributed by atoms with Crippen LogP contribution in [0.25, 0.3) is 0 Å². The van der Waals surface area contributed by atoms with E-state index in [1.807, 2.05) is 18.2 Å². The topological polar surface area (TPSA) is 49.4 Å². The second-order valence-electron chi connectivity index (χ2n) is 4.21. The van der Waals surface area contributed by atoms with Gasteiger partial charge in [-0.25, -0.2) is 0 Å². The number of piperazine rings is 1. The van der Waals surface area contributed by atoms with Crippen molar-refractivity contribution in [3.63, 3.8) is 0 Å². The van der Waals surface area contributed by atoms with Gasteiger partial charge in [0.15, 0.2) is 0 Å². The molecule has 2 amide bonds. The summed E-state index contributed by atoms with van der Waals surface area (Å²) >= 11 is 0. The molecule has 1 heterocycles. The summed E-state index contributed by atoms with van der Waals surface area (Å²) in [6, 6.07) is 8.42. The van der Waals surface area contributed by atoms with Crippen LogP contribution in [0, 0.1) is 0 Å². The molecular formula is C13H15FN2O2.